The zero-order chi connectivity index (χ0) is 9.26. The lowest BCUT2D eigenvalue weighted by atomic mass is 10.3. The van der Waals surface area contributed by atoms with Crippen LogP contribution in [-0.4, -0.2) is 19.7 Å². The first kappa shape index (κ1) is 7.91. The molecule has 0 aliphatic heterocycles. The second-order valence-electron chi connectivity index (χ2n) is 2.93. The lowest BCUT2D eigenvalue weighted by molar-refractivity contribution is 0.912. The van der Waals surface area contributed by atoms with Crippen LogP contribution in [0.5, 0.6) is 0 Å². The second-order valence-corrected chi connectivity index (χ2v) is 2.93. The van der Waals surface area contributed by atoms with E-state index in [0.29, 0.717) is 0 Å². The number of pyridine rings is 1. The Kier molecular flexibility index (Phi) is 1.81. The Morgan fingerprint density at radius 2 is 2.15 bits per heavy atom. The molecule has 2 aromatic heterocycles. The molecule has 4 nitrogen and oxygen atoms in total. The molecule has 0 spiro atoms. The van der Waals surface area contributed by atoms with Crippen LogP contribution < -0.4 is 0 Å². The van der Waals surface area contributed by atoms with Gasteiger partial charge in [0.05, 0.1) is 0 Å². The summed E-state index contributed by atoms with van der Waals surface area (Å²) in [5.41, 5.74) is 1.85. The number of aromatic nitrogens is 4. The van der Waals surface area contributed by atoms with E-state index in [1.54, 1.807) is 6.33 Å². The van der Waals surface area contributed by atoms with Crippen LogP contribution in [0.2, 0.25) is 0 Å². The molecule has 0 bridgehead atoms. The average Bonchev–Trinajstić information content (AvgIpc) is 2.51. The third-order valence-electron chi connectivity index (χ3n) is 1.83. The van der Waals surface area contributed by atoms with E-state index in [9.17, 15) is 0 Å². The molecule has 0 amide bonds. The van der Waals surface area contributed by atoms with E-state index >= 15 is 0 Å². The van der Waals surface area contributed by atoms with Crippen molar-refractivity contribution in [2.75, 3.05) is 0 Å². The van der Waals surface area contributed by atoms with Gasteiger partial charge in [0, 0.05) is 12.7 Å². The standard InChI is InChI=1S/C9H10N4/c1-7-4-3-5-8(11-7)9-12-10-6-13(9)2/h3-6H,1-2H3. The van der Waals surface area contributed by atoms with Gasteiger partial charge in [-0.15, -0.1) is 10.2 Å². The first-order valence-corrected chi connectivity index (χ1v) is 4.05. The average molecular weight is 174 g/mol. The Labute approximate surface area is 76.3 Å². The molecule has 0 saturated carbocycles. The minimum atomic E-state index is 0.795. The largest absolute Gasteiger partial charge is 0.315 e. The first-order valence-electron chi connectivity index (χ1n) is 4.05. The fourth-order valence-electron chi connectivity index (χ4n) is 1.18. The van der Waals surface area contributed by atoms with Crippen molar-refractivity contribution >= 4 is 0 Å². The van der Waals surface area contributed by atoms with Crippen molar-refractivity contribution in [1.82, 2.24) is 19.7 Å². The molecule has 0 fully saturated rings. The third-order valence-corrected chi connectivity index (χ3v) is 1.83. The predicted molar refractivity (Wildman–Crippen MR) is 49.0 cm³/mol. The number of hydrogen-bond donors (Lipinski definition) is 0. The molecule has 0 aliphatic rings. The number of hydrogen-bond acceptors (Lipinski definition) is 3. The highest BCUT2D eigenvalue weighted by Crippen LogP contribution is 2.12. The maximum absolute atomic E-state index is 4.35. The minimum absolute atomic E-state index is 0.795. The highest BCUT2D eigenvalue weighted by Gasteiger charge is 2.04. The van der Waals surface area contributed by atoms with E-state index in [4.69, 9.17) is 0 Å². The van der Waals surface area contributed by atoms with Gasteiger partial charge in [-0.1, -0.05) is 6.07 Å². The lowest BCUT2D eigenvalue weighted by Crippen LogP contribution is -1.94. The zero-order valence-electron chi connectivity index (χ0n) is 7.60. The van der Waals surface area contributed by atoms with Crippen molar-refractivity contribution in [3.05, 3.63) is 30.2 Å². The summed E-state index contributed by atoms with van der Waals surface area (Å²) >= 11 is 0. The number of rotatable bonds is 1. The predicted octanol–water partition coefficient (Wildman–Crippen LogP) is 1.19. The molecule has 2 rings (SSSR count). The van der Waals surface area contributed by atoms with Gasteiger partial charge in [0.2, 0.25) is 0 Å². The van der Waals surface area contributed by atoms with Gasteiger partial charge in [0.25, 0.3) is 0 Å². The van der Waals surface area contributed by atoms with E-state index in [0.717, 1.165) is 17.2 Å². The van der Waals surface area contributed by atoms with Crippen LogP contribution in [0.3, 0.4) is 0 Å². The van der Waals surface area contributed by atoms with E-state index in [1.807, 2.05) is 36.7 Å². The van der Waals surface area contributed by atoms with Crippen molar-refractivity contribution in [3.8, 4) is 11.5 Å². The van der Waals surface area contributed by atoms with Crippen LogP contribution in [0.1, 0.15) is 5.69 Å². The summed E-state index contributed by atoms with van der Waals surface area (Å²) in [6.07, 6.45) is 1.67. The molecule has 0 aromatic carbocycles. The molecular formula is C9H10N4. The molecule has 0 radical (unpaired) electrons. The Morgan fingerprint density at radius 3 is 2.77 bits per heavy atom. The van der Waals surface area contributed by atoms with Gasteiger partial charge in [-0.25, -0.2) is 4.98 Å². The molecule has 13 heavy (non-hydrogen) atoms. The normalized spacial score (nSPS) is 10.3. The Hall–Kier alpha value is -1.71. The Bertz CT molecular complexity index is 419. The molecule has 2 heterocycles. The molecular weight excluding hydrogens is 164 g/mol. The Morgan fingerprint density at radius 1 is 1.31 bits per heavy atom. The van der Waals surface area contributed by atoms with Gasteiger partial charge >= 0.3 is 0 Å². The summed E-state index contributed by atoms with van der Waals surface area (Å²) in [4.78, 5) is 4.35. The van der Waals surface area contributed by atoms with Gasteiger partial charge in [0.1, 0.15) is 12.0 Å². The maximum Gasteiger partial charge on any atom is 0.182 e. The van der Waals surface area contributed by atoms with Crippen LogP contribution in [-0.2, 0) is 7.05 Å². The summed E-state index contributed by atoms with van der Waals surface area (Å²) < 4.78 is 1.85. The fourth-order valence-corrected chi connectivity index (χ4v) is 1.18. The summed E-state index contributed by atoms with van der Waals surface area (Å²) in [7, 11) is 1.90. The topological polar surface area (TPSA) is 43.6 Å². The second kappa shape index (κ2) is 2.97. The Balaban J connectivity index is 2.53. The zero-order valence-corrected chi connectivity index (χ0v) is 7.60. The highest BCUT2D eigenvalue weighted by atomic mass is 15.3. The van der Waals surface area contributed by atoms with Gasteiger partial charge in [-0.3, -0.25) is 0 Å². The molecule has 0 N–H and O–H groups in total. The van der Waals surface area contributed by atoms with E-state index < -0.39 is 0 Å². The monoisotopic (exact) mass is 174 g/mol. The summed E-state index contributed by atoms with van der Waals surface area (Å²) in [5, 5.41) is 7.78. The summed E-state index contributed by atoms with van der Waals surface area (Å²) in [6.45, 7) is 1.96. The maximum atomic E-state index is 4.35. The third kappa shape index (κ3) is 1.42. The molecule has 0 saturated heterocycles. The first-order chi connectivity index (χ1) is 6.27. The highest BCUT2D eigenvalue weighted by molar-refractivity contribution is 5.48. The minimum Gasteiger partial charge on any atom is -0.315 e. The van der Waals surface area contributed by atoms with Gasteiger partial charge in [-0.2, -0.15) is 0 Å². The SMILES string of the molecule is Cc1cccc(-c2nncn2C)n1. The van der Waals surface area contributed by atoms with Gasteiger partial charge in [-0.05, 0) is 19.1 Å². The molecule has 0 unspecified atom stereocenters. The smallest absolute Gasteiger partial charge is 0.182 e. The molecule has 66 valence electrons. The van der Waals surface area contributed by atoms with Crippen molar-refractivity contribution in [1.29, 1.82) is 0 Å². The summed E-state index contributed by atoms with van der Waals surface area (Å²) in [6, 6.07) is 5.85. The molecule has 0 atom stereocenters. The summed E-state index contributed by atoms with van der Waals surface area (Å²) in [5.74, 6) is 0.795. The van der Waals surface area contributed by atoms with Crippen molar-refractivity contribution in [2.24, 2.45) is 7.05 Å². The number of nitrogens with zero attached hydrogens (tertiary/aromatic N) is 4. The van der Waals surface area contributed by atoms with Crippen LogP contribution >= 0.6 is 0 Å². The molecule has 2 aromatic rings. The van der Waals surface area contributed by atoms with Crippen LogP contribution in [0.15, 0.2) is 24.5 Å². The number of aryl methyl sites for hydroxylation is 2. The molecule has 0 aliphatic carbocycles. The van der Waals surface area contributed by atoms with Gasteiger partial charge in [0.15, 0.2) is 5.82 Å². The van der Waals surface area contributed by atoms with E-state index in [-0.39, 0.29) is 0 Å². The lowest BCUT2D eigenvalue weighted by Gasteiger charge is -1.99. The van der Waals surface area contributed by atoms with Crippen LogP contribution in [0.25, 0.3) is 11.5 Å². The van der Waals surface area contributed by atoms with Crippen molar-refractivity contribution < 1.29 is 0 Å². The quantitative estimate of drug-likeness (QED) is 0.652. The fraction of sp³-hybridized carbons (Fsp3) is 0.222. The van der Waals surface area contributed by atoms with Gasteiger partial charge < -0.3 is 4.57 Å². The van der Waals surface area contributed by atoms with E-state index in [1.165, 1.54) is 0 Å². The van der Waals surface area contributed by atoms with E-state index in [2.05, 4.69) is 15.2 Å². The van der Waals surface area contributed by atoms with Crippen molar-refractivity contribution in [2.45, 2.75) is 6.92 Å². The van der Waals surface area contributed by atoms with Crippen LogP contribution in [0.4, 0.5) is 0 Å². The van der Waals surface area contributed by atoms with Crippen LogP contribution in [0, 0.1) is 6.92 Å². The molecule has 4 heteroatoms. The van der Waals surface area contributed by atoms with Crippen molar-refractivity contribution in [3.63, 3.8) is 0 Å².